The lowest BCUT2D eigenvalue weighted by atomic mass is 9.68. The van der Waals surface area contributed by atoms with Gasteiger partial charge in [0.25, 0.3) is 11.8 Å². The Balaban J connectivity index is 1.34. The molecular formula is C42H44N2O7. The number of amides is 2. The molecule has 0 bridgehead atoms. The fraction of sp³-hybridized carbons (Fsp3) is 0.262. The van der Waals surface area contributed by atoms with Gasteiger partial charge in [-0.3, -0.25) is 14.4 Å². The molecule has 9 heteroatoms. The van der Waals surface area contributed by atoms with Crippen LogP contribution in [0.5, 0.6) is 23.0 Å². The van der Waals surface area contributed by atoms with E-state index in [0.29, 0.717) is 58.4 Å². The van der Waals surface area contributed by atoms with Gasteiger partial charge in [-0.25, -0.2) is 0 Å². The number of benzene rings is 4. The lowest BCUT2D eigenvalue weighted by molar-refractivity contribution is -0.118. The van der Waals surface area contributed by atoms with Crippen molar-refractivity contribution >= 4 is 41.1 Å². The Kier molecular flexibility index (Phi) is 11.9. The quantitative estimate of drug-likeness (QED) is 0.144. The van der Waals surface area contributed by atoms with Gasteiger partial charge < -0.3 is 29.6 Å². The summed E-state index contributed by atoms with van der Waals surface area (Å²) in [5.41, 5.74) is 4.20. The predicted octanol–water partition coefficient (Wildman–Crippen LogP) is 8.23. The normalized spacial score (nSPS) is 16.0. The second kappa shape index (κ2) is 16.7. The zero-order valence-corrected chi connectivity index (χ0v) is 29.7. The minimum absolute atomic E-state index is 0.0344. The molecule has 2 N–H and O–H groups in total. The molecule has 2 amide bonds. The van der Waals surface area contributed by atoms with Gasteiger partial charge in [0.05, 0.1) is 14.2 Å². The van der Waals surface area contributed by atoms with Gasteiger partial charge in [0.15, 0.2) is 42.0 Å². The number of rotatable bonds is 12. The molecule has 5 rings (SSSR count). The van der Waals surface area contributed by atoms with E-state index in [1.165, 1.54) is 14.2 Å². The van der Waals surface area contributed by atoms with Gasteiger partial charge in [0, 0.05) is 22.5 Å². The van der Waals surface area contributed by atoms with Crippen LogP contribution in [0, 0.1) is 11.3 Å². The van der Waals surface area contributed by atoms with Crippen molar-refractivity contribution in [2.45, 2.75) is 33.6 Å². The van der Waals surface area contributed by atoms with Crippen LogP contribution >= 0.6 is 0 Å². The minimum Gasteiger partial charge on any atom is -0.493 e. The number of ether oxygens (including phenoxy) is 4. The van der Waals surface area contributed by atoms with Gasteiger partial charge in [-0.05, 0) is 96.0 Å². The monoisotopic (exact) mass is 688 g/mol. The summed E-state index contributed by atoms with van der Waals surface area (Å²) < 4.78 is 22.7. The number of para-hydroxylation sites is 2. The number of ketones is 1. The van der Waals surface area contributed by atoms with Crippen LogP contribution in [0.2, 0.25) is 0 Å². The Morgan fingerprint density at radius 2 is 1.10 bits per heavy atom. The molecule has 1 atom stereocenters. The molecule has 0 spiro atoms. The summed E-state index contributed by atoms with van der Waals surface area (Å²) in [7, 11) is 3.07. The number of allylic oxidation sites excluding steroid dienone is 2. The van der Waals surface area contributed by atoms with Crippen LogP contribution < -0.4 is 29.6 Å². The largest absolute Gasteiger partial charge is 0.493 e. The summed E-state index contributed by atoms with van der Waals surface area (Å²) in [6, 6.07) is 29.1. The summed E-state index contributed by atoms with van der Waals surface area (Å²) in [6.45, 7) is 6.16. The fourth-order valence-corrected chi connectivity index (χ4v) is 5.77. The van der Waals surface area contributed by atoms with E-state index in [-0.39, 0.29) is 42.1 Å². The Morgan fingerprint density at radius 1 is 0.647 bits per heavy atom. The number of hydrogen-bond acceptors (Lipinski definition) is 7. The lowest BCUT2D eigenvalue weighted by Gasteiger charge is -2.35. The molecule has 0 unspecified atom stereocenters. The Morgan fingerprint density at radius 3 is 1.57 bits per heavy atom. The van der Waals surface area contributed by atoms with Crippen LogP contribution in [0.1, 0.15) is 44.7 Å². The summed E-state index contributed by atoms with van der Waals surface area (Å²) in [6.07, 6.45) is 5.02. The van der Waals surface area contributed by atoms with Crippen molar-refractivity contribution in [1.82, 2.24) is 0 Å². The summed E-state index contributed by atoms with van der Waals surface area (Å²) >= 11 is 0. The third-order valence-electron chi connectivity index (χ3n) is 8.63. The van der Waals surface area contributed by atoms with Crippen molar-refractivity contribution in [2.24, 2.45) is 11.3 Å². The van der Waals surface area contributed by atoms with Gasteiger partial charge in [0.2, 0.25) is 0 Å². The van der Waals surface area contributed by atoms with Crippen LogP contribution in [0.3, 0.4) is 0 Å². The Labute approximate surface area is 299 Å². The number of hydrogen-bond donors (Lipinski definition) is 2. The van der Waals surface area contributed by atoms with Gasteiger partial charge in [-0.1, -0.05) is 69.3 Å². The van der Waals surface area contributed by atoms with E-state index in [9.17, 15) is 14.4 Å². The average molecular weight is 689 g/mol. The van der Waals surface area contributed by atoms with Crippen LogP contribution in [-0.2, 0) is 14.4 Å². The van der Waals surface area contributed by atoms with Crippen molar-refractivity contribution in [1.29, 1.82) is 0 Å². The van der Waals surface area contributed by atoms with Crippen molar-refractivity contribution < 1.29 is 33.3 Å². The first kappa shape index (κ1) is 36.5. The molecule has 9 nitrogen and oxygen atoms in total. The first-order valence-corrected chi connectivity index (χ1v) is 16.8. The molecule has 0 saturated heterocycles. The number of nitrogens with one attached hydrogen (secondary N) is 2. The Bertz CT molecular complexity index is 1910. The third-order valence-corrected chi connectivity index (χ3v) is 8.63. The van der Waals surface area contributed by atoms with Gasteiger partial charge in [0.1, 0.15) is 0 Å². The lowest BCUT2D eigenvalue weighted by Crippen LogP contribution is -2.29. The zero-order chi connectivity index (χ0) is 36.4. The average Bonchev–Trinajstić information content (AvgIpc) is 3.12. The highest BCUT2D eigenvalue weighted by Gasteiger charge is 2.34. The van der Waals surface area contributed by atoms with E-state index in [1.54, 1.807) is 48.5 Å². The highest BCUT2D eigenvalue weighted by atomic mass is 16.5. The van der Waals surface area contributed by atoms with Crippen molar-refractivity contribution in [3.05, 3.63) is 119 Å². The van der Waals surface area contributed by atoms with E-state index in [2.05, 4.69) is 31.4 Å². The summed E-state index contributed by atoms with van der Waals surface area (Å²) in [4.78, 5) is 39.0. The number of carbonyl (C=O) groups is 3. The minimum atomic E-state index is -0.304. The SMILES string of the molecule is COc1cc(/C=C2/C[C@H](C(C)(C)C)C/C(=C\c3ccc(OC)c(OCC(=O)Nc4ccccc4)c3)C2=O)ccc1OCC(=O)Nc1ccccc1. The van der Waals surface area contributed by atoms with Gasteiger partial charge in [-0.2, -0.15) is 0 Å². The highest BCUT2D eigenvalue weighted by Crippen LogP contribution is 2.42. The fourth-order valence-electron chi connectivity index (χ4n) is 5.77. The Hall–Kier alpha value is -5.83. The zero-order valence-electron chi connectivity index (χ0n) is 29.7. The molecule has 1 saturated carbocycles. The molecule has 264 valence electrons. The van der Waals surface area contributed by atoms with Crippen LogP contribution in [0.15, 0.2) is 108 Å². The molecule has 1 aliphatic rings. The molecule has 4 aromatic carbocycles. The predicted molar refractivity (Wildman–Crippen MR) is 200 cm³/mol. The molecule has 51 heavy (non-hydrogen) atoms. The molecule has 1 aliphatic carbocycles. The van der Waals surface area contributed by atoms with Crippen molar-refractivity contribution in [2.75, 3.05) is 38.1 Å². The molecule has 4 aromatic rings. The van der Waals surface area contributed by atoms with Gasteiger partial charge >= 0.3 is 0 Å². The highest BCUT2D eigenvalue weighted by molar-refractivity contribution is 6.14. The first-order valence-electron chi connectivity index (χ1n) is 16.8. The molecule has 0 aromatic heterocycles. The van der Waals surface area contributed by atoms with E-state index in [4.69, 9.17) is 18.9 Å². The molecule has 1 fully saturated rings. The number of methoxy groups -OCH3 is 2. The van der Waals surface area contributed by atoms with Crippen molar-refractivity contribution in [3.8, 4) is 23.0 Å². The first-order chi connectivity index (χ1) is 24.5. The number of Topliss-reactive ketones (excluding diaryl/α,β-unsaturated/α-hetero) is 1. The second-order valence-electron chi connectivity index (χ2n) is 13.4. The maximum absolute atomic E-state index is 14.0. The maximum atomic E-state index is 14.0. The summed E-state index contributed by atoms with van der Waals surface area (Å²) in [5, 5.41) is 5.61. The van der Waals surface area contributed by atoms with Crippen LogP contribution in [-0.4, -0.2) is 45.0 Å². The molecule has 0 aliphatic heterocycles. The molecule has 0 radical (unpaired) electrons. The van der Waals surface area contributed by atoms with E-state index in [0.717, 1.165) is 11.1 Å². The number of anilines is 2. The molecule has 0 heterocycles. The van der Waals surface area contributed by atoms with Crippen LogP contribution in [0.4, 0.5) is 11.4 Å². The number of carbonyl (C=O) groups excluding carboxylic acids is 3. The van der Waals surface area contributed by atoms with E-state index < -0.39 is 0 Å². The smallest absolute Gasteiger partial charge is 0.262 e. The van der Waals surface area contributed by atoms with Gasteiger partial charge in [-0.15, -0.1) is 0 Å². The van der Waals surface area contributed by atoms with Crippen molar-refractivity contribution in [3.63, 3.8) is 0 Å². The second-order valence-corrected chi connectivity index (χ2v) is 13.4. The molecular weight excluding hydrogens is 644 g/mol. The van der Waals surface area contributed by atoms with E-state index in [1.807, 2.05) is 60.7 Å². The van der Waals surface area contributed by atoms with E-state index >= 15 is 0 Å². The topological polar surface area (TPSA) is 112 Å². The maximum Gasteiger partial charge on any atom is 0.262 e. The standard InChI is InChI=1S/C42H44N2O7/c1-42(2,3)32-24-30(20-28-17-19-36(37(22-28)49-5)50-26-39(45)43-33-12-8-6-9-13-33)41(47)31(25-32)21-29-16-18-35(48-4)38(23-29)51-27-40(46)44-34-14-10-7-11-15-34/h6-23,32H,24-27H2,1-5H3,(H,43,45)(H,44,46)/b30-20-,31-21+/t32-/m0/s1. The summed E-state index contributed by atoms with van der Waals surface area (Å²) in [5.74, 6) is 1.32. The third kappa shape index (κ3) is 10.1. The van der Waals surface area contributed by atoms with Crippen LogP contribution in [0.25, 0.3) is 12.2 Å².